The van der Waals surface area contributed by atoms with E-state index in [1.807, 2.05) is 49.7 Å². The van der Waals surface area contributed by atoms with Crippen LogP contribution in [-0.4, -0.2) is 25.4 Å². The van der Waals surface area contributed by atoms with Gasteiger partial charge in [-0.15, -0.1) is 11.3 Å². The first-order chi connectivity index (χ1) is 13.5. The summed E-state index contributed by atoms with van der Waals surface area (Å²) in [4.78, 5) is 27.5. The molecule has 0 aliphatic heterocycles. The summed E-state index contributed by atoms with van der Waals surface area (Å²) in [6.45, 7) is 3.09. The lowest BCUT2D eigenvalue weighted by Crippen LogP contribution is -3.08. The second kappa shape index (κ2) is 9.30. The fraction of sp³-hybridized carbons (Fsp3) is 0.182. The van der Waals surface area contributed by atoms with Gasteiger partial charge in [-0.05, 0) is 48.2 Å². The van der Waals surface area contributed by atoms with Crippen molar-refractivity contribution >= 4 is 34.5 Å². The van der Waals surface area contributed by atoms with Crippen LogP contribution in [0.4, 0.5) is 11.4 Å². The monoisotopic (exact) mass is 394 g/mol. The van der Waals surface area contributed by atoms with Crippen molar-refractivity contribution in [3.05, 3.63) is 82.0 Å². The van der Waals surface area contributed by atoms with Crippen LogP contribution in [0.5, 0.6) is 0 Å². The van der Waals surface area contributed by atoms with Gasteiger partial charge in [-0.25, -0.2) is 0 Å². The Kier molecular flexibility index (Phi) is 6.57. The number of hydrogen-bond donors (Lipinski definition) is 3. The molecule has 1 heterocycles. The Morgan fingerprint density at radius 1 is 1.00 bits per heavy atom. The molecule has 0 spiro atoms. The van der Waals surface area contributed by atoms with E-state index < -0.39 is 0 Å². The number of para-hydroxylation sites is 1. The van der Waals surface area contributed by atoms with Crippen molar-refractivity contribution in [3.8, 4) is 0 Å². The number of carbonyl (C=O) groups excluding carboxylic acids is 2. The molecule has 5 nitrogen and oxygen atoms in total. The first kappa shape index (κ1) is 19.8. The van der Waals surface area contributed by atoms with Gasteiger partial charge in [0.25, 0.3) is 11.8 Å². The number of aryl methyl sites for hydroxylation is 1. The zero-order valence-electron chi connectivity index (χ0n) is 16.0. The Hall–Kier alpha value is -2.96. The third-order valence-corrected chi connectivity index (χ3v) is 5.12. The minimum atomic E-state index is -0.249. The van der Waals surface area contributed by atoms with Gasteiger partial charge < -0.3 is 15.5 Å². The maximum atomic E-state index is 12.7. The Balaban J connectivity index is 1.64. The van der Waals surface area contributed by atoms with Crippen molar-refractivity contribution in [1.82, 2.24) is 0 Å². The maximum Gasteiger partial charge on any atom is 0.279 e. The Morgan fingerprint density at radius 3 is 2.57 bits per heavy atom. The summed E-state index contributed by atoms with van der Waals surface area (Å²) in [7, 11) is 1.98. The predicted molar refractivity (Wildman–Crippen MR) is 114 cm³/mol. The molecular weight excluding hydrogens is 370 g/mol. The van der Waals surface area contributed by atoms with Crippen LogP contribution in [0.15, 0.2) is 66.0 Å². The summed E-state index contributed by atoms with van der Waals surface area (Å²) < 4.78 is 0. The normalized spacial score (nSPS) is 11.6. The fourth-order valence-corrected chi connectivity index (χ4v) is 3.77. The quantitative estimate of drug-likeness (QED) is 0.577. The van der Waals surface area contributed by atoms with Gasteiger partial charge in [0, 0.05) is 5.69 Å². The number of likely N-dealkylation sites (N-methyl/N-ethyl adjacent to an activating group) is 1. The Bertz CT molecular complexity index is 954. The molecule has 0 saturated carbocycles. The van der Waals surface area contributed by atoms with E-state index in [1.165, 1.54) is 4.88 Å². The Labute approximate surface area is 169 Å². The van der Waals surface area contributed by atoms with Crippen molar-refractivity contribution in [1.29, 1.82) is 0 Å². The van der Waals surface area contributed by atoms with Crippen LogP contribution >= 0.6 is 11.3 Å². The first-order valence-electron chi connectivity index (χ1n) is 9.12. The minimum Gasteiger partial charge on any atom is -0.325 e. The van der Waals surface area contributed by atoms with E-state index in [4.69, 9.17) is 0 Å². The summed E-state index contributed by atoms with van der Waals surface area (Å²) in [5, 5.41) is 7.80. The minimum absolute atomic E-state index is 0.120. The lowest BCUT2D eigenvalue weighted by Gasteiger charge is -2.15. The first-order valence-corrected chi connectivity index (χ1v) is 10.00. The molecule has 0 radical (unpaired) electrons. The standard InChI is InChI=1S/C22H23N3O2S/c1-16-7-5-8-17(13-16)23-22(27)19-10-3-4-11-20(19)24-21(26)15-25(2)14-18-9-6-12-28-18/h3-13H,14-15H2,1-2H3,(H,23,27)(H,24,26)/p+1. The van der Waals surface area contributed by atoms with E-state index in [2.05, 4.69) is 16.7 Å². The second-order valence-corrected chi connectivity index (χ2v) is 7.84. The molecule has 2 amide bonds. The van der Waals surface area contributed by atoms with Gasteiger partial charge in [0.1, 0.15) is 6.54 Å². The lowest BCUT2D eigenvalue weighted by atomic mass is 10.1. The van der Waals surface area contributed by atoms with Gasteiger partial charge in [-0.2, -0.15) is 0 Å². The van der Waals surface area contributed by atoms with Gasteiger partial charge in [0.15, 0.2) is 6.54 Å². The molecule has 0 saturated heterocycles. The van der Waals surface area contributed by atoms with Gasteiger partial charge in [0.2, 0.25) is 0 Å². The highest BCUT2D eigenvalue weighted by Crippen LogP contribution is 2.18. The summed E-state index contributed by atoms with van der Waals surface area (Å²) in [5.41, 5.74) is 2.75. The van der Waals surface area contributed by atoms with Crippen LogP contribution in [0, 0.1) is 6.92 Å². The molecule has 0 aliphatic rings. The molecule has 0 aliphatic carbocycles. The van der Waals surface area contributed by atoms with Gasteiger partial charge in [-0.3, -0.25) is 9.59 Å². The lowest BCUT2D eigenvalue weighted by molar-refractivity contribution is -0.884. The highest BCUT2D eigenvalue weighted by molar-refractivity contribution is 7.09. The third-order valence-electron chi connectivity index (χ3n) is 4.24. The van der Waals surface area contributed by atoms with Crippen LogP contribution < -0.4 is 15.5 Å². The number of benzene rings is 2. The summed E-state index contributed by atoms with van der Waals surface area (Å²) in [6.07, 6.45) is 0. The van der Waals surface area contributed by atoms with Gasteiger partial charge >= 0.3 is 0 Å². The van der Waals surface area contributed by atoms with Crippen molar-refractivity contribution in [3.63, 3.8) is 0 Å². The molecule has 2 aromatic carbocycles. The average Bonchev–Trinajstić information content (AvgIpc) is 3.14. The highest BCUT2D eigenvalue weighted by Gasteiger charge is 2.16. The largest absolute Gasteiger partial charge is 0.325 e. The van der Waals surface area contributed by atoms with Crippen LogP contribution in [0.3, 0.4) is 0 Å². The molecule has 3 N–H and O–H groups in total. The molecule has 1 unspecified atom stereocenters. The maximum absolute atomic E-state index is 12.7. The van der Waals surface area contributed by atoms with Gasteiger partial charge in [-0.1, -0.05) is 30.3 Å². The summed E-state index contributed by atoms with van der Waals surface area (Å²) in [6, 6.07) is 18.7. The molecule has 28 heavy (non-hydrogen) atoms. The molecule has 1 atom stereocenters. The molecule has 3 rings (SSSR count). The smallest absolute Gasteiger partial charge is 0.279 e. The molecule has 6 heteroatoms. The molecule has 0 fully saturated rings. The topological polar surface area (TPSA) is 62.6 Å². The zero-order chi connectivity index (χ0) is 19.9. The van der Waals surface area contributed by atoms with E-state index in [0.717, 1.165) is 22.7 Å². The SMILES string of the molecule is Cc1cccc(NC(=O)c2ccccc2NC(=O)C[NH+](C)Cc2cccs2)c1. The van der Waals surface area contributed by atoms with Gasteiger partial charge in [0.05, 0.1) is 23.2 Å². The Morgan fingerprint density at radius 2 is 1.82 bits per heavy atom. The third kappa shape index (κ3) is 5.52. The fourth-order valence-electron chi connectivity index (χ4n) is 2.95. The number of nitrogens with one attached hydrogen (secondary N) is 3. The van der Waals surface area contributed by atoms with Crippen LogP contribution in [0.2, 0.25) is 0 Å². The molecular formula is C22H24N3O2S+. The van der Waals surface area contributed by atoms with E-state index in [-0.39, 0.29) is 11.8 Å². The molecule has 3 aromatic rings. The number of amides is 2. The number of anilines is 2. The van der Waals surface area contributed by atoms with Crippen molar-refractivity contribution in [2.45, 2.75) is 13.5 Å². The summed E-state index contributed by atoms with van der Waals surface area (Å²) >= 11 is 1.69. The van der Waals surface area contributed by atoms with E-state index in [9.17, 15) is 9.59 Å². The number of quaternary nitrogens is 1. The van der Waals surface area contributed by atoms with Crippen LogP contribution in [0.25, 0.3) is 0 Å². The number of hydrogen-bond acceptors (Lipinski definition) is 3. The summed E-state index contributed by atoms with van der Waals surface area (Å²) in [5.74, 6) is -0.370. The number of carbonyl (C=O) groups is 2. The van der Waals surface area contributed by atoms with E-state index in [1.54, 1.807) is 35.6 Å². The van der Waals surface area contributed by atoms with Crippen molar-refractivity contribution in [2.24, 2.45) is 0 Å². The van der Waals surface area contributed by atoms with Crippen molar-refractivity contribution in [2.75, 3.05) is 24.2 Å². The van der Waals surface area contributed by atoms with Crippen LogP contribution in [-0.2, 0) is 11.3 Å². The molecule has 0 bridgehead atoms. The number of thiophene rings is 1. The predicted octanol–water partition coefficient (Wildman–Crippen LogP) is 2.96. The number of rotatable bonds is 7. The van der Waals surface area contributed by atoms with Crippen LogP contribution in [0.1, 0.15) is 20.8 Å². The van der Waals surface area contributed by atoms with Crippen molar-refractivity contribution < 1.29 is 14.5 Å². The molecule has 144 valence electrons. The average molecular weight is 395 g/mol. The second-order valence-electron chi connectivity index (χ2n) is 6.81. The van der Waals surface area contributed by atoms with E-state index in [0.29, 0.717) is 17.8 Å². The van der Waals surface area contributed by atoms with E-state index >= 15 is 0 Å². The molecule has 1 aromatic heterocycles. The highest BCUT2D eigenvalue weighted by atomic mass is 32.1. The zero-order valence-corrected chi connectivity index (χ0v) is 16.8.